The Balaban J connectivity index is 1.29. The summed E-state index contributed by atoms with van der Waals surface area (Å²) in [4.78, 5) is 63.7. The molecule has 264 valence electrons. The Bertz CT molecular complexity index is 2180. The maximum atomic E-state index is 14.2. The molecule has 9 N–H and O–H groups in total. The Labute approximate surface area is 294 Å². The van der Waals surface area contributed by atoms with Crippen molar-refractivity contribution in [2.24, 2.45) is 11.7 Å². The van der Waals surface area contributed by atoms with Crippen molar-refractivity contribution in [2.75, 3.05) is 0 Å². The van der Waals surface area contributed by atoms with Gasteiger partial charge in [-0.05, 0) is 47.2 Å². The van der Waals surface area contributed by atoms with Crippen LogP contribution in [-0.2, 0) is 38.4 Å². The molecule has 12 heteroatoms. The third kappa shape index (κ3) is 8.13. The number of carbonyl (C=O) groups is 4. The van der Waals surface area contributed by atoms with Gasteiger partial charge in [0.2, 0.25) is 17.7 Å². The SMILES string of the molecule is CC(C)CC(N)C(=O)NC(Cc1c[nH]c2ccccc12)C(=O)NC(Cc1c[nH]c2ccccc12)C(=O)NC(Cc1c[nH]c2ccccc12)C(=O)O. The summed E-state index contributed by atoms with van der Waals surface area (Å²) in [6.07, 6.45) is 5.92. The maximum Gasteiger partial charge on any atom is 0.326 e. The standard InChI is InChI=1S/C39H43N7O5/c1-22(2)15-29(40)36(47)44-33(16-23-19-41-30-12-6-3-9-26(23)30)37(48)45-34(17-24-20-42-31-13-7-4-10-27(24)31)38(49)46-35(39(50)51)18-25-21-43-32-14-8-5-11-28(25)32/h3-14,19-22,29,33-35,41-43H,15-18,40H2,1-2H3,(H,44,47)(H,45,48)(H,46,49)(H,50,51). The van der Waals surface area contributed by atoms with Gasteiger partial charge in [0.25, 0.3) is 0 Å². The lowest BCUT2D eigenvalue weighted by atomic mass is 9.99. The molecule has 0 aliphatic rings. The molecule has 0 aliphatic carbocycles. The van der Waals surface area contributed by atoms with Gasteiger partial charge in [0, 0.05) is 70.6 Å². The van der Waals surface area contributed by atoms with E-state index in [0.717, 1.165) is 49.4 Å². The van der Waals surface area contributed by atoms with E-state index in [4.69, 9.17) is 5.73 Å². The number of hydrogen-bond donors (Lipinski definition) is 8. The lowest BCUT2D eigenvalue weighted by molar-refractivity contribution is -0.142. The maximum absolute atomic E-state index is 14.2. The van der Waals surface area contributed by atoms with E-state index in [1.807, 2.05) is 86.6 Å². The summed E-state index contributed by atoms with van der Waals surface area (Å²) < 4.78 is 0. The fourth-order valence-electron chi connectivity index (χ4n) is 6.62. The van der Waals surface area contributed by atoms with Gasteiger partial charge in [0.1, 0.15) is 18.1 Å². The number of benzene rings is 3. The van der Waals surface area contributed by atoms with Crippen LogP contribution >= 0.6 is 0 Å². The topological polar surface area (TPSA) is 198 Å². The first kappa shape index (κ1) is 35.0. The lowest BCUT2D eigenvalue weighted by Gasteiger charge is -2.25. The average Bonchev–Trinajstić information content (AvgIpc) is 3.84. The van der Waals surface area contributed by atoms with Crippen LogP contribution in [0.1, 0.15) is 37.0 Å². The molecule has 3 aromatic carbocycles. The van der Waals surface area contributed by atoms with Crippen LogP contribution in [0.4, 0.5) is 0 Å². The van der Waals surface area contributed by atoms with Gasteiger partial charge in [-0.2, -0.15) is 0 Å². The fourth-order valence-corrected chi connectivity index (χ4v) is 6.62. The minimum atomic E-state index is -1.28. The van der Waals surface area contributed by atoms with Gasteiger partial charge >= 0.3 is 5.97 Å². The number of carboxylic acids is 1. The second-order valence-corrected chi connectivity index (χ2v) is 13.4. The van der Waals surface area contributed by atoms with E-state index < -0.39 is 47.9 Å². The molecule has 3 heterocycles. The van der Waals surface area contributed by atoms with Crippen LogP contribution in [0.25, 0.3) is 32.7 Å². The summed E-state index contributed by atoms with van der Waals surface area (Å²) in [5, 5.41) is 21.2. The van der Waals surface area contributed by atoms with Crippen LogP contribution < -0.4 is 21.7 Å². The molecule has 6 aromatic rings. The van der Waals surface area contributed by atoms with E-state index in [2.05, 4.69) is 30.9 Å². The summed E-state index contributed by atoms with van der Waals surface area (Å²) in [5.41, 5.74) is 11.1. The van der Waals surface area contributed by atoms with Crippen molar-refractivity contribution in [1.82, 2.24) is 30.9 Å². The summed E-state index contributed by atoms with van der Waals surface area (Å²) in [6.45, 7) is 3.92. The van der Waals surface area contributed by atoms with Gasteiger partial charge < -0.3 is 41.7 Å². The lowest BCUT2D eigenvalue weighted by Crippen LogP contribution is -2.58. The van der Waals surface area contributed by atoms with Gasteiger partial charge in [-0.15, -0.1) is 0 Å². The number of rotatable bonds is 15. The molecule has 4 atom stereocenters. The van der Waals surface area contributed by atoms with Crippen molar-refractivity contribution in [3.05, 3.63) is 108 Å². The van der Waals surface area contributed by atoms with Gasteiger partial charge in [0.15, 0.2) is 0 Å². The Hall–Kier alpha value is -5.88. The van der Waals surface area contributed by atoms with Crippen molar-refractivity contribution in [3.63, 3.8) is 0 Å². The summed E-state index contributed by atoms with van der Waals surface area (Å²) >= 11 is 0. The predicted molar refractivity (Wildman–Crippen MR) is 197 cm³/mol. The van der Waals surface area contributed by atoms with Crippen molar-refractivity contribution in [1.29, 1.82) is 0 Å². The minimum absolute atomic E-state index is 0.0197. The highest BCUT2D eigenvalue weighted by Gasteiger charge is 2.32. The Morgan fingerprint density at radius 3 is 1.33 bits per heavy atom. The summed E-state index contributed by atoms with van der Waals surface area (Å²) in [7, 11) is 0. The molecule has 0 bridgehead atoms. The highest BCUT2D eigenvalue weighted by atomic mass is 16.4. The van der Waals surface area contributed by atoms with E-state index >= 15 is 0 Å². The number of amides is 3. The normalized spacial score (nSPS) is 14.0. The molecule has 0 spiro atoms. The third-order valence-electron chi connectivity index (χ3n) is 9.24. The molecule has 51 heavy (non-hydrogen) atoms. The van der Waals surface area contributed by atoms with E-state index in [0.29, 0.717) is 6.42 Å². The smallest absolute Gasteiger partial charge is 0.326 e. The molecule has 0 saturated carbocycles. The number of nitrogens with one attached hydrogen (secondary N) is 6. The number of H-pyrrole nitrogens is 3. The van der Waals surface area contributed by atoms with Crippen molar-refractivity contribution in [2.45, 2.75) is 63.7 Å². The molecular formula is C39H43N7O5. The van der Waals surface area contributed by atoms with Crippen LogP contribution in [-0.4, -0.2) is 67.9 Å². The van der Waals surface area contributed by atoms with Crippen LogP contribution in [0, 0.1) is 5.92 Å². The number of aromatic nitrogens is 3. The Kier molecular flexibility index (Phi) is 10.5. The zero-order chi connectivity index (χ0) is 36.1. The summed E-state index contributed by atoms with van der Waals surface area (Å²) in [5.74, 6) is -2.81. The monoisotopic (exact) mass is 689 g/mol. The molecule has 0 aliphatic heterocycles. The predicted octanol–water partition coefficient (Wildman–Crippen LogP) is 4.07. The second kappa shape index (κ2) is 15.3. The van der Waals surface area contributed by atoms with Crippen LogP contribution in [0.5, 0.6) is 0 Å². The van der Waals surface area contributed by atoms with Gasteiger partial charge in [-0.1, -0.05) is 68.4 Å². The molecule has 6 rings (SSSR count). The molecule has 0 saturated heterocycles. The highest BCUT2D eigenvalue weighted by Crippen LogP contribution is 2.22. The number of nitrogens with two attached hydrogens (primary N) is 1. The number of aromatic amines is 3. The van der Waals surface area contributed by atoms with Crippen LogP contribution in [0.2, 0.25) is 0 Å². The van der Waals surface area contributed by atoms with Gasteiger partial charge in [-0.3, -0.25) is 14.4 Å². The number of aliphatic carboxylic acids is 1. The average molecular weight is 690 g/mol. The number of carbonyl (C=O) groups excluding carboxylic acids is 3. The zero-order valence-electron chi connectivity index (χ0n) is 28.5. The number of fused-ring (bicyclic) bond motifs is 3. The number of carboxylic acid groups (broad SMARTS) is 1. The van der Waals surface area contributed by atoms with Crippen molar-refractivity contribution < 1.29 is 24.3 Å². The molecule has 0 fully saturated rings. The molecule has 12 nitrogen and oxygen atoms in total. The Morgan fingerprint density at radius 1 is 0.588 bits per heavy atom. The fraction of sp³-hybridized carbons (Fsp3) is 0.282. The highest BCUT2D eigenvalue weighted by molar-refractivity contribution is 5.96. The van der Waals surface area contributed by atoms with Crippen molar-refractivity contribution >= 4 is 56.4 Å². The van der Waals surface area contributed by atoms with E-state index in [1.54, 1.807) is 18.6 Å². The molecule has 4 unspecified atom stereocenters. The van der Waals surface area contributed by atoms with E-state index in [9.17, 15) is 24.3 Å². The second-order valence-electron chi connectivity index (χ2n) is 13.4. The first-order valence-electron chi connectivity index (χ1n) is 17.1. The molecule has 3 amide bonds. The first-order valence-corrected chi connectivity index (χ1v) is 17.1. The molecule has 0 radical (unpaired) electrons. The quantitative estimate of drug-likeness (QED) is 0.0800. The minimum Gasteiger partial charge on any atom is -0.480 e. The van der Waals surface area contributed by atoms with Crippen LogP contribution in [0.3, 0.4) is 0 Å². The first-order chi connectivity index (χ1) is 24.6. The number of hydrogen-bond acceptors (Lipinski definition) is 5. The van der Waals surface area contributed by atoms with Gasteiger partial charge in [0.05, 0.1) is 6.04 Å². The van der Waals surface area contributed by atoms with Gasteiger partial charge in [-0.25, -0.2) is 4.79 Å². The van der Waals surface area contributed by atoms with E-state index in [1.165, 1.54) is 0 Å². The van der Waals surface area contributed by atoms with E-state index in [-0.39, 0.29) is 25.2 Å². The molecule has 3 aromatic heterocycles. The summed E-state index contributed by atoms with van der Waals surface area (Å²) in [6, 6.07) is 18.3. The van der Waals surface area contributed by atoms with Crippen molar-refractivity contribution in [3.8, 4) is 0 Å². The largest absolute Gasteiger partial charge is 0.480 e. The Morgan fingerprint density at radius 2 is 0.941 bits per heavy atom. The molecular weight excluding hydrogens is 646 g/mol. The third-order valence-corrected chi connectivity index (χ3v) is 9.24. The number of para-hydroxylation sites is 3. The zero-order valence-corrected chi connectivity index (χ0v) is 28.5. The van der Waals surface area contributed by atoms with Crippen LogP contribution in [0.15, 0.2) is 91.4 Å².